The van der Waals surface area contributed by atoms with Gasteiger partial charge in [-0.1, -0.05) is 0 Å². The van der Waals surface area contributed by atoms with Crippen molar-refractivity contribution in [3.05, 3.63) is 35.3 Å². The number of anilines is 1. The van der Waals surface area contributed by atoms with Crippen LogP contribution in [0.3, 0.4) is 0 Å². The van der Waals surface area contributed by atoms with Gasteiger partial charge in [0.25, 0.3) is 5.91 Å². The molecule has 2 aliphatic rings. The minimum Gasteiger partial charge on any atom is -0.487 e. The van der Waals surface area contributed by atoms with Gasteiger partial charge in [-0.3, -0.25) is 4.79 Å². The number of hydrogen-bond acceptors (Lipinski definition) is 7. The number of aliphatic hydroxyl groups excluding tert-OH is 1. The summed E-state index contributed by atoms with van der Waals surface area (Å²) in [6.45, 7) is 1.03. The van der Waals surface area contributed by atoms with E-state index in [2.05, 4.69) is 5.32 Å². The number of nitrogens with one attached hydrogen (secondary N) is 1. The Morgan fingerprint density at radius 2 is 2.14 bits per heavy atom. The summed E-state index contributed by atoms with van der Waals surface area (Å²) >= 11 is 0. The predicted molar refractivity (Wildman–Crippen MR) is 97.2 cm³/mol. The summed E-state index contributed by atoms with van der Waals surface area (Å²) in [7, 11) is 1.22. The summed E-state index contributed by atoms with van der Waals surface area (Å²) in [5, 5.41) is 11.9. The highest BCUT2D eigenvalue weighted by Crippen LogP contribution is 2.27. The average Bonchev–Trinajstić information content (AvgIpc) is 3.00. The van der Waals surface area contributed by atoms with Crippen LogP contribution in [0.2, 0.25) is 0 Å². The Morgan fingerprint density at radius 1 is 1.39 bits per heavy atom. The highest BCUT2D eigenvalue weighted by Gasteiger charge is 2.34. The van der Waals surface area contributed by atoms with E-state index in [1.165, 1.54) is 24.1 Å². The van der Waals surface area contributed by atoms with Crippen molar-refractivity contribution in [3.8, 4) is 5.75 Å². The number of halogens is 1. The largest absolute Gasteiger partial charge is 0.487 e. The van der Waals surface area contributed by atoms with E-state index >= 15 is 0 Å². The van der Waals surface area contributed by atoms with Gasteiger partial charge >= 0.3 is 5.97 Å². The highest BCUT2D eigenvalue weighted by molar-refractivity contribution is 6.08. The van der Waals surface area contributed by atoms with E-state index in [9.17, 15) is 14.0 Å². The second kappa shape index (κ2) is 9.03. The summed E-state index contributed by atoms with van der Waals surface area (Å²) < 4.78 is 30.1. The minimum atomic E-state index is -0.656. The summed E-state index contributed by atoms with van der Waals surface area (Å²) in [6, 6.07) is 4.26. The van der Waals surface area contributed by atoms with Crippen LogP contribution in [0.4, 0.5) is 10.1 Å². The molecule has 1 amide bonds. The monoisotopic (exact) mass is 394 g/mol. The number of carbonyl (C=O) groups is 2. The van der Waals surface area contributed by atoms with E-state index in [1.54, 1.807) is 6.07 Å². The molecule has 2 N–H and O–H groups in total. The summed E-state index contributed by atoms with van der Waals surface area (Å²) in [4.78, 5) is 25.8. The molecule has 28 heavy (non-hydrogen) atoms. The molecule has 1 saturated heterocycles. The first kappa shape index (κ1) is 20.1. The first-order chi connectivity index (χ1) is 13.5. The van der Waals surface area contributed by atoms with Gasteiger partial charge in [0.2, 0.25) is 0 Å². The second-order valence-corrected chi connectivity index (χ2v) is 6.50. The van der Waals surface area contributed by atoms with Crippen molar-refractivity contribution in [3.63, 3.8) is 0 Å². The van der Waals surface area contributed by atoms with E-state index in [4.69, 9.17) is 19.3 Å². The molecule has 3 rings (SSSR count). The molecule has 9 heteroatoms. The lowest BCUT2D eigenvalue weighted by Crippen LogP contribution is -2.31. The van der Waals surface area contributed by atoms with Gasteiger partial charge in [0, 0.05) is 31.1 Å². The lowest BCUT2D eigenvalue weighted by atomic mass is 10.1. The first-order valence-corrected chi connectivity index (χ1v) is 9.06. The maximum Gasteiger partial charge on any atom is 0.337 e. The van der Waals surface area contributed by atoms with Crippen LogP contribution in [-0.4, -0.2) is 68.0 Å². The standard InChI is InChI=1S/C19H23FN2O6/c1-26-19(25)14-11-22(6-7-23)18(24)17(14)21-12-2-3-16(15(20)10-12)28-13-4-8-27-9-5-13/h2-3,10,13,21,23H,4-9,11H2,1H3. The van der Waals surface area contributed by atoms with Crippen LogP contribution in [0.15, 0.2) is 29.5 Å². The zero-order valence-electron chi connectivity index (χ0n) is 15.6. The Kier molecular flexibility index (Phi) is 6.48. The van der Waals surface area contributed by atoms with Crippen LogP contribution in [0.25, 0.3) is 0 Å². The van der Waals surface area contributed by atoms with E-state index in [-0.39, 0.29) is 42.8 Å². The third kappa shape index (κ3) is 4.42. The van der Waals surface area contributed by atoms with Crippen LogP contribution in [0, 0.1) is 5.82 Å². The Balaban J connectivity index is 1.76. The maximum atomic E-state index is 14.5. The number of benzene rings is 1. The third-order valence-electron chi connectivity index (χ3n) is 4.62. The normalized spacial score (nSPS) is 17.8. The quantitative estimate of drug-likeness (QED) is 0.668. The molecule has 0 spiro atoms. The molecule has 0 atom stereocenters. The van der Waals surface area contributed by atoms with E-state index < -0.39 is 17.7 Å². The summed E-state index contributed by atoms with van der Waals surface area (Å²) in [5.74, 6) is -1.57. The van der Waals surface area contributed by atoms with Gasteiger partial charge < -0.3 is 29.5 Å². The van der Waals surface area contributed by atoms with Gasteiger partial charge in [0.15, 0.2) is 11.6 Å². The SMILES string of the molecule is COC(=O)C1=C(Nc2ccc(OC3CCOCC3)c(F)c2)C(=O)N(CCO)C1. The number of hydrogen-bond donors (Lipinski definition) is 2. The molecule has 0 aromatic heterocycles. The molecular weight excluding hydrogens is 371 g/mol. The fraction of sp³-hybridized carbons (Fsp3) is 0.474. The number of amides is 1. The summed E-state index contributed by atoms with van der Waals surface area (Å²) in [6.07, 6.45) is 1.30. The smallest absolute Gasteiger partial charge is 0.337 e. The Hall–Kier alpha value is -2.65. The number of ether oxygens (including phenoxy) is 3. The minimum absolute atomic E-state index is 0.0118. The number of nitrogens with zero attached hydrogens (tertiary/aromatic N) is 1. The van der Waals surface area contributed by atoms with Crippen molar-refractivity contribution in [2.75, 3.05) is 45.3 Å². The molecule has 0 bridgehead atoms. The average molecular weight is 394 g/mol. The zero-order valence-corrected chi connectivity index (χ0v) is 15.6. The number of esters is 1. The van der Waals surface area contributed by atoms with Crippen LogP contribution < -0.4 is 10.1 Å². The van der Waals surface area contributed by atoms with Crippen LogP contribution in [0.1, 0.15) is 12.8 Å². The van der Waals surface area contributed by atoms with Crippen molar-refractivity contribution in [1.29, 1.82) is 0 Å². The molecule has 152 valence electrons. The third-order valence-corrected chi connectivity index (χ3v) is 4.62. The molecule has 1 aromatic carbocycles. The van der Waals surface area contributed by atoms with E-state index in [0.717, 1.165) is 0 Å². The number of aliphatic hydroxyl groups is 1. The van der Waals surface area contributed by atoms with E-state index in [0.29, 0.717) is 31.7 Å². The van der Waals surface area contributed by atoms with Crippen molar-refractivity contribution in [1.82, 2.24) is 4.90 Å². The number of carbonyl (C=O) groups excluding carboxylic acids is 2. The molecule has 8 nitrogen and oxygen atoms in total. The fourth-order valence-electron chi connectivity index (χ4n) is 3.14. The summed E-state index contributed by atoms with van der Waals surface area (Å²) in [5.41, 5.74) is 0.439. The molecule has 0 saturated carbocycles. The Labute approximate surface area is 161 Å². The van der Waals surface area contributed by atoms with E-state index in [1.807, 2.05) is 0 Å². The van der Waals surface area contributed by atoms with Gasteiger partial charge in [-0.05, 0) is 12.1 Å². The van der Waals surface area contributed by atoms with Crippen molar-refractivity contribution < 1.29 is 33.3 Å². The topological polar surface area (TPSA) is 97.3 Å². The molecule has 0 unspecified atom stereocenters. The highest BCUT2D eigenvalue weighted by atomic mass is 19.1. The molecule has 1 fully saturated rings. The molecule has 0 aliphatic carbocycles. The fourth-order valence-corrected chi connectivity index (χ4v) is 3.14. The predicted octanol–water partition coefficient (Wildman–Crippen LogP) is 1.06. The Morgan fingerprint density at radius 3 is 2.79 bits per heavy atom. The lowest BCUT2D eigenvalue weighted by molar-refractivity contribution is -0.136. The molecule has 1 aromatic rings. The van der Waals surface area contributed by atoms with Gasteiger partial charge in [0.05, 0.1) is 39.0 Å². The Bertz CT molecular complexity index is 776. The van der Waals surface area contributed by atoms with Crippen LogP contribution >= 0.6 is 0 Å². The maximum absolute atomic E-state index is 14.5. The van der Waals surface area contributed by atoms with Crippen molar-refractivity contribution >= 4 is 17.6 Å². The molecule has 2 aliphatic heterocycles. The molecular formula is C19H23FN2O6. The van der Waals surface area contributed by atoms with Gasteiger partial charge in [-0.2, -0.15) is 0 Å². The van der Waals surface area contributed by atoms with Gasteiger partial charge in [0.1, 0.15) is 11.8 Å². The number of β-amino-alcohol motifs (C(OH)–C–C–N with tert-alkyl or cyclic N) is 1. The second-order valence-electron chi connectivity index (χ2n) is 6.50. The van der Waals surface area contributed by atoms with Gasteiger partial charge in [-0.15, -0.1) is 0 Å². The zero-order chi connectivity index (χ0) is 20.1. The molecule has 2 heterocycles. The van der Waals surface area contributed by atoms with Crippen LogP contribution in [0.5, 0.6) is 5.75 Å². The van der Waals surface area contributed by atoms with Gasteiger partial charge in [-0.25, -0.2) is 9.18 Å². The van der Waals surface area contributed by atoms with Crippen molar-refractivity contribution in [2.24, 2.45) is 0 Å². The van der Waals surface area contributed by atoms with Crippen molar-refractivity contribution in [2.45, 2.75) is 18.9 Å². The number of methoxy groups -OCH3 is 1. The number of rotatable bonds is 7. The first-order valence-electron chi connectivity index (χ1n) is 9.06. The lowest BCUT2D eigenvalue weighted by Gasteiger charge is -2.23. The van der Waals surface area contributed by atoms with Crippen LogP contribution in [-0.2, 0) is 19.1 Å². The molecule has 0 radical (unpaired) electrons.